The zero-order valence-electron chi connectivity index (χ0n) is 10.5. The van der Waals surface area contributed by atoms with Crippen molar-refractivity contribution in [1.29, 1.82) is 0 Å². The van der Waals surface area contributed by atoms with Crippen molar-refractivity contribution in [3.05, 3.63) is 65.2 Å². The monoisotopic (exact) mass is 297 g/mol. The van der Waals surface area contributed by atoms with Gasteiger partial charge in [-0.1, -0.05) is 24.3 Å². The molecule has 2 aromatic carbocycles. The van der Waals surface area contributed by atoms with Crippen LogP contribution in [0.15, 0.2) is 47.4 Å². The van der Waals surface area contributed by atoms with Gasteiger partial charge in [0.1, 0.15) is 16.5 Å². The number of rotatable bonds is 4. The molecule has 3 nitrogen and oxygen atoms in total. The van der Waals surface area contributed by atoms with Gasteiger partial charge in [-0.3, -0.25) is 0 Å². The Morgan fingerprint density at radius 3 is 2.15 bits per heavy atom. The highest BCUT2D eigenvalue weighted by Crippen LogP contribution is 2.21. The Kier molecular flexibility index (Phi) is 4.15. The maximum atomic E-state index is 13.5. The first-order chi connectivity index (χ1) is 9.42. The van der Waals surface area contributed by atoms with Crippen molar-refractivity contribution in [2.45, 2.75) is 17.2 Å². The first-order valence-electron chi connectivity index (χ1n) is 5.88. The van der Waals surface area contributed by atoms with Gasteiger partial charge in [0.15, 0.2) is 9.84 Å². The molecule has 0 atom stereocenters. The fourth-order valence-electron chi connectivity index (χ4n) is 1.78. The van der Waals surface area contributed by atoms with E-state index in [0.717, 1.165) is 17.7 Å². The SMILES string of the molecule is NCc1ccc(CS(=O)(=O)c2cc(F)ccc2F)cc1. The van der Waals surface area contributed by atoms with E-state index in [1.807, 2.05) is 0 Å². The molecule has 106 valence electrons. The average molecular weight is 297 g/mol. The Hall–Kier alpha value is -1.79. The van der Waals surface area contributed by atoms with Crippen molar-refractivity contribution in [2.75, 3.05) is 0 Å². The van der Waals surface area contributed by atoms with Crippen LogP contribution in [0.25, 0.3) is 0 Å². The average Bonchev–Trinajstić information content (AvgIpc) is 2.42. The third kappa shape index (κ3) is 3.20. The maximum absolute atomic E-state index is 13.5. The summed E-state index contributed by atoms with van der Waals surface area (Å²) in [6.45, 7) is 0.353. The van der Waals surface area contributed by atoms with Gasteiger partial charge in [0, 0.05) is 6.54 Å². The third-order valence-corrected chi connectivity index (χ3v) is 4.54. The lowest BCUT2D eigenvalue weighted by Gasteiger charge is -2.07. The van der Waals surface area contributed by atoms with Crippen molar-refractivity contribution >= 4 is 9.84 Å². The van der Waals surface area contributed by atoms with Crippen molar-refractivity contribution in [3.8, 4) is 0 Å². The molecule has 0 saturated heterocycles. The molecule has 0 heterocycles. The third-order valence-electron chi connectivity index (χ3n) is 2.84. The van der Waals surface area contributed by atoms with E-state index >= 15 is 0 Å². The second kappa shape index (κ2) is 5.68. The lowest BCUT2D eigenvalue weighted by Crippen LogP contribution is -2.08. The highest BCUT2D eigenvalue weighted by atomic mass is 32.2. The zero-order chi connectivity index (χ0) is 14.8. The summed E-state index contributed by atoms with van der Waals surface area (Å²) in [5, 5.41) is 0. The van der Waals surface area contributed by atoms with Gasteiger partial charge in [-0.2, -0.15) is 0 Å². The Bertz CT molecular complexity index is 712. The minimum absolute atomic E-state index is 0.353. The molecule has 2 aromatic rings. The molecule has 0 aliphatic carbocycles. The first kappa shape index (κ1) is 14.6. The minimum atomic E-state index is -3.93. The second-order valence-electron chi connectivity index (χ2n) is 4.35. The Labute approximate surface area is 116 Å². The first-order valence-corrected chi connectivity index (χ1v) is 7.53. The van der Waals surface area contributed by atoms with Gasteiger partial charge in [-0.05, 0) is 29.3 Å². The normalized spacial score (nSPS) is 11.6. The van der Waals surface area contributed by atoms with Gasteiger partial charge in [0.05, 0.1) is 5.75 Å². The van der Waals surface area contributed by atoms with E-state index in [2.05, 4.69) is 0 Å². The molecule has 0 saturated carbocycles. The molecule has 0 radical (unpaired) electrons. The van der Waals surface area contributed by atoms with E-state index < -0.39 is 32.1 Å². The molecule has 2 N–H and O–H groups in total. The van der Waals surface area contributed by atoms with Gasteiger partial charge in [-0.15, -0.1) is 0 Å². The lowest BCUT2D eigenvalue weighted by molar-refractivity contribution is 0.553. The Morgan fingerprint density at radius 2 is 1.55 bits per heavy atom. The number of hydrogen-bond donors (Lipinski definition) is 1. The molecule has 0 unspecified atom stereocenters. The van der Waals surface area contributed by atoms with E-state index in [-0.39, 0.29) is 0 Å². The van der Waals surface area contributed by atoms with Crippen LogP contribution < -0.4 is 5.73 Å². The summed E-state index contributed by atoms with van der Waals surface area (Å²) in [7, 11) is -3.93. The molecule has 20 heavy (non-hydrogen) atoms. The smallest absolute Gasteiger partial charge is 0.185 e. The fraction of sp³-hybridized carbons (Fsp3) is 0.143. The largest absolute Gasteiger partial charge is 0.326 e. The second-order valence-corrected chi connectivity index (χ2v) is 6.31. The quantitative estimate of drug-likeness (QED) is 0.942. The summed E-state index contributed by atoms with van der Waals surface area (Å²) in [5.74, 6) is -2.13. The molecular weight excluding hydrogens is 284 g/mol. The predicted octanol–water partition coefficient (Wildman–Crippen LogP) is 2.40. The Morgan fingerprint density at radius 1 is 0.950 bits per heavy atom. The van der Waals surface area contributed by atoms with Crippen LogP contribution in [0.1, 0.15) is 11.1 Å². The van der Waals surface area contributed by atoms with E-state index in [0.29, 0.717) is 18.2 Å². The van der Waals surface area contributed by atoms with Gasteiger partial charge in [-0.25, -0.2) is 17.2 Å². The van der Waals surface area contributed by atoms with Gasteiger partial charge >= 0.3 is 0 Å². The molecule has 0 bridgehead atoms. The van der Waals surface area contributed by atoms with Gasteiger partial charge in [0.2, 0.25) is 0 Å². The summed E-state index contributed by atoms with van der Waals surface area (Å²) in [6.07, 6.45) is 0. The molecule has 0 spiro atoms. The standard InChI is InChI=1S/C14H13F2NO2S/c15-12-5-6-13(16)14(7-12)20(18,19)9-11-3-1-10(8-17)2-4-11/h1-7H,8-9,17H2. The van der Waals surface area contributed by atoms with Crippen LogP contribution >= 0.6 is 0 Å². The van der Waals surface area contributed by atoms with Crippen molar-refractivity contribution < 1.29 is 17.2 Å². The van der Waals surface area contributed by atoms with Crippen LogP contribution in [0.3, 0.4) is 0 Å². The predicted molar refractivity (Wildman–Crippen MR) is 71.6 cm³/mol. The van der Waals surface area contributed by atoms with E-state index in [1.165, 1.54) is 0 Å². The number of benzene rings is 2. The minimum Gasteiger partial charge on any atom is -0.326 e. The molecule has 0 amide bonds. The maximum Gasteiger partial charge on any atom is 0.185 e. The summed E-state index contributed by atoms with van der Waals surface area (Å²) in [4.78, 5) is -0.625. The summed E-state index contributed by atoms with van der Waals surface area (Å²) in [6, 6.07) is 9.00. The van der Waals surface area contributed by atoms with Gasteiger partial charge in [0.25, 0.3) is 0 Å². The topological polar surface area (TPSA) is 60.2 Å². The Balaban J connectivity index is 2.32. The molecule has 0 aliphatic rings. The number of halogens is 2. The summed E-state index contributed by atoms with van der Waals surface area (Å²) < 4.78 is 50.8. The van der Waals surface area contributed by atoms with Crippen LogP contribution in [0, 0.1) is 11.6 Å². The molecule has 2 rings (SSSR count). The molecule has 0 aliphatic heterocycles. The van der Waals surface area contributed by atoms with Crippen LogP contribution in [0.4, 0.5) is 8.78 Å². The highest BCUT2D eigenvalue weighted by molar-refractivity contribution is 7.90. The van der Waals surface area contributed by atoms with E-state index in [4.69, 9.17) is 5.73 Å². The van der Waals surface area contributed by atoms with Crippen LogP contribution in [-0.2, 0) is 22.1 Å². The fourth-order valence-corrected chi connectivity index (χ4v) is 3.23. The van der Waals surface area contributed by atoms with E-state index in [9.17, 15) is 17.2 Å². The van der Waals surface area contributed by atoms with Crippen molar-refractivity contribution in [3.63, 3.8) is 0 Å². The highest BCUT2D eigenvalue weighted by Gasteiger charge is 2.20. The van der Waals surface area contributed by atoms with Crippen LogP contribution in [-0.4, -0.2) is 8.42 Å². The van der Waals surface area contributed by atoms with Crippen LogP contribution in [0.5, 0.6) is 0 Å². The molecule has 6 heteroatoms. The number of sulfone groups is 1. The van der Waals surface area contributed by atoms with Crippen molar-refractivity contribution in [2.24, 2.45) is 5.73 Å². The van der Waals surface area contributed by atoms with Crippen LogP contribution in [0.2, 0.25) is 0 Å². The number of hydrogen-bond acceptors (Lipinski definition) is 3. The number of nitrogens with two attached hydrogens (primary N) is 1. The molecule has 0 aromatic heterocycles. The van der Waals surface area contributed by atoms with E-state index in [1.54, 1.807) is 24.3 Å². The van der Waals surface area contributed by atoms with Crippen molar-refractivity contribution in [1.82, 2.24) is 0 Å². The summed E-state index contributed by atoms with van der Waals surface area (Å²) in [5.41, 5.74) is 6.80. The summed E-state index contributed by atoms with van der Waals surface area (Å²) >= 11 is 0. The zero-order valence-corrected chi connectivity index (χ0v) is 11.3. The van der Waals surface area contributed by atoms with Gasteiger partial charge < -0.3 is 5.73 Å². The lowest BCUT2D eigenvalue weighted by atomic mass is 10.1. The molecule has 0 fully saturated rings. The molecular formula is C14H13F2NO2S.